The number of amides is 3. The summed E-state index contributed by atoms with van der Waals surface area (Å²) in [6, 6.07) is 15.5. The molecule has 0 aliphatic carbocycles. The van der Waals surface area contributed by atoms with E-state index >= 15 is 0 Å². The highest BCUT2D eigenvalue weighted by Crippen LogP contribution is 2.43. The van der Waals surface area contributed by atoms with E-state index in [1.807, 2.05) is 17.0 Å². The lowest BCUT2D eigenvalue weighted by molar-refractivity contribution is -0.151. The standard InChI is InChI=1S/C43H49N7O8S2/c1-22(55-3)26(19-37(51)57-5)41(52)49-15-7-9-31(49)39-44-27-13-11-24(17-29(27)46-39)33-20-35-36(59-33)21-34(60-35)25-12-14-28-30(18-25)47-40(45-28)32-10-8-16-50(32)42(53)38(23(2)56-4)48-43(54)58-6/h11-14,17-18,20-23,26,31-32,38H,7-10,15-16,19H2,1-6H3,(H,44,46)(H,45,47)(H,48,54)/t22-,23-,26+,31+,32+,38+/m1/s1. The number of nitrogens with zero attached hydrogens (tertiary/aromatic N) is 4. The van der Waals surface area contributed by atoms with E-state index in [-0.39, 0.29) is 30.3 Å². The first kappa shape index (κ1) is 41.4. The lowest BCUT2D eigenvalue weighted by atomic mass is 9.97. The average Bonchev–Trinajstić information content (AvgIpc) is 4.12. The zero-order chi connectivity index (χ0) is 42.2. The lowest BCUT2D eigenvalue weighted by Crippen LogP contribution is -2.54. The van der Waals surface area contributed by atoms with Crippen molar-refractivity contribution >= 4 is 78.0 Å². The molecule has 4 aromatic heterocycles. The van der Waals surface area contributed by atoms with Gasteiger partial charge in [0.1, 0.15) is 17.7 Å². The summed E-state index contributed by atoms with van der Waals surface area (Å²) in [6.07, 6.45) is 1.44. The molecule has 3 amide bonds. The number of aromatic amines is 2. The number of carbonyl (C=O) groups is 4. The highest BCUT2D eigenvalue weighted by atomic mass is 32.1. The number of methoxy groups -OCH3 is 4. The van der Waals surface area contributed by atoms with E-state index in [1.165, 1.54) is 30.7 Å². The zero-order valence-corrected chi connectivity index (χ0v) is 36.0. The zero-order valence-electron chi connectivity index (χ0n) is 34.4. The van der Waals surface area contributed by atoms with Crippen molar-refractivity contribution in [2.75, 3.05) is 41.5 Å². The summed E-state index contributed by atoms with van der Waals surface area (Å²) in [7, 11) is 5.64. The summed E-state index contributed by atoms with van der Waals surface area (Å²) < 4.78 is 22.9. The molecule has 15 nitrogen and oxygen atoms in total. The van der Waals surface area contributed by atoms with Crippen LogP contribution >= 0.6 is 22.7 Å². The number of fused-ring (bicyclic) bond motifs is 3. The fourth-order valence-electron chi connectivity index (χ4n) is 8.41. The third-order valence-corrected chi connectivity index (χ3v) is 14.3. The summed E-state index contributed by atoms with van der Waals surface area (Å²) in [4.78, 5) is 74.5. The van der Waals surface area contributed by atoms with Crippen LogP contribution in [0.2, 0.25) is 0 Å². The van der Waals surface area contributed by atoms with Gasteiger partial charge in [-0.15, -0.1) is 22.7 Å². The minimum Gasteiger partial charge on any atom is -0.469 e. The number of nitrogens with one attached hydrogen (secondary N) is 3. The minimum absolute atomic E-state index is 0.0439. The van der Waals surface area contributed by atoms with Gasteiger partial charge in [-0.2, -0.15) is 0 Å². The van der Waals surface area contributed by atoms with Crippen molar-refractivity contribution in [2.24, 2.45) is 5.92 Å². The molecule has 8 rings (SSSR count). The number of likely N-dealkylation sites (tertiary alicyclic amines) is 2. The summed E-state index contributed by atoms with van der Waals surface area (Å²) in [5.41, 5.74) is 5.58. The van der Waals surface area contributed by atoms with Gasteiger partial charge in [-0.3, -0.25) is 14.4 Å². The third-order valence-electron chi connectivity index (χ3n) is 11.9. The van der Waals surface area contributed by atoms with Gasteiger partial charge in [0, 0.05) is 46.5 Å². The summed E-state index contributed by atoms with van der Waals surface area (Å²) in [5.74, 6) is -0.0138. The fraction of sp³-hybridized carbons (Fsp3) is 0.442. The van der Waals surface area contributed by atoms with Crippen molar-refractivity contribution < 1.29 is 38.1 Å². The van der Waals surface area contributed by atoms with Crippen LogP contribution < -0.4 is 5.32 Å². The van der Waals surface area contributed by atoms with Crippen molar-refractivity contribution in [2.45, 2.75) is 76.3 Å². The first-order valence-electron chi connectivity index (χ1n) is 20.1. The minimum atomic E-state index is -0.897. The number of alkyl carbamates (subject to hydrolysis) is 1. The molecule has 3 N–H and O–H groups in total. The molecule has 2 saturated heterocycles. The summed E-state index contributed by atoms with van der Waals surface area (Å²) >= 11 is 3.47. The van der Waals surface area contributed by atoms with Crippen LogP contribution in [0.1, 0.15) is 69.7 Å². The highest BCUT2D eigenvalue weighted by molar-refractivity contribution is 7.31. The number of H-pyrrole nitrogens is 2. The molecule has 0 unspecified atom stereocenters. The van der Waals surface area contributed by atoms with Crippen molar-refractivity contribution in [3.63, 3.8) is 0 Å². The third kappa shape index (κ3) is 7.98. The van der Waals surface area contributed by atoms with Crippen LogP contribution in [-0.2, 0) is 33.3 Å². The monoisotopic (exact) mass is 855 g/mol. The summed E-state index contributed by atoms with van der Waals surface area (Å²) in [5, 5.41) is 2.64. The van der Waals surface area contributed by atoms with Crippen LogP contribution in [0.15, 0.2) is 48.5 Å². The number of rotatable bonds is 13. The second-order valence-corrected chi connectivity index (χ2v) is 17.6. The quantitative estimate of drug-likeness (QED) is 0.0995. The maximum absolute atomic E-state index is 13.8. The van der Waals surface area contributed by atoms with Gasteiger partial charge in [-0.1, -0.05) is 12.1 Å². The van der Waals surface area contributed by atoms with Crippen LogP contribution in [0.4, 0.5) is 4.79 Å². The Labute approximate surface area is 354 Å². The first-order valence-corrected chi connectivity index (χ1v) is 21.7. The summed E-state index contributed by atoms with van der Waals surface area (Å²) in [6.45, 7) is 4.67. The molecule has 2 aliphatic rings. The predicted octanol–water partition coefficient (Wildman–Crippen LogP) is 7.35. The molecule has 2 fully saturated rings. The largest absolute Gasteiger partial charge is 0.469 e. The Morgan fingerprint density at radius 1 is 0.733 bits per heavy atom. The van der Waals surface area contributed by atoms with Crippen LogP contribution in [0.25, 0.3) is 52.3 Å². The van der Waals surface area contributed by atoms with Crippen LogP contribution in [-0.4, -0.2) is 113 Å². The van der Waals surface area contributed by atoms with E-state index in [0.717, 1.165) is 74.5 Å². The van der Waals surface area contributed by atoms with Gasteiger partial charge in [0.25, 0.3) is 0 Å². The van der Waals surface area contributed by atoms with Gasteiger partial charge < -0.3 is 44.0 Å². The van der Waals surface area contributed by atoms with Crippen molar-refractivity contribution in [1.29, 1.82) is 0 Å². The Morgan fingerprint density at radius 3 is 1.73 bits per heavy atom. The van der Waals surface area contributed by atoms with Crippen LogP contribution in [0.5, 0.6) is 0 Å². The molecule has 0 radical (unpaired) electrons. The number of hydrogen-bond donors (Lipinski definition) is 3. The SMILES string of the molecule is COC(=O)C[C@H](C(=O)N1CCC[C@H]1c1nc2ccc(-c3cc4sc(-c5ccc6nc([C@@H]7CCCN7C(=O)[C@@H](NC(=O)OC)[C@@H](C)OC)[nH]c6c5)cc4s3)cc2[nH]1)[C@@H](C)OC. The molecule has 0 spiro atoms. The van der Waals surface area contributed by atoms with E-state index in [4.69, 9.17) is 28.9 Å². The van der Waals surface area contributed by atoms with Gasteiger partial charge >= 0.3 is 12.1 Å². The van der Waals surface area contributed by atoms with Gasteiger partial charge in [-0.05, 0) is 87.1 Å². The molecule has 17 heteroatoms. The smallest absolute Gasteiger partial charge is 0.407 e. The van der Waals surface area contributed by atoms with E-state index in [2.05, 4.69) is 51.7 Å². The van der Waals surface area contributed by atoms with Gasteiger partial charge in [-0.25, -0.2) is 14.8 Å². The molecular weight excluding hydrogens is 807 g/mol. The van der Waals surface area contributed by atoms with E-state index in [1.54, 1.807) is 48.5 Å². The molecule has 6 heterocycles. The maximum atomic E-state index is 13.8. The molecule has 0 bridgehead atoms. The normalized spacial score (nSPS) is 18.9. The van der Waals surface area contributed by atoms with Crippen molar-refractivity contribution in [1.82, 2.24) is 35.1 Å². The number of thiophene rings is 2. The highest BCUT2D eigenvalue weighted by Gasteiger charge is 2.40. The molecule has 2 aromatic carbocycles. The number of benzene rings is 2. The molecule has 6 aromatic rings. The maximum Gasteiger partial charge on any atom is 0.407 e. The second-order valence-electron chi connectivity index (χ2n) is 15.4. The number of carbonyl (C=O) groups excluding carboxylic acids is 4. The topological polar surface area (TPSA) is 181 Å². The van der Waals surface area contributed by atoms with Gasteiger partial charge in [0.2, 0.25) is 11.8 Å². The Balaban J connectivity index is 0.986. The number of aromatic nitrogens is 4. The van der Waals surface area contributed by atoms with Crippen LogP contribution in [0.3, 0.4) is 0 Å². The molecule has 60 heavy (non-hydrogen) atoms. The van der Waals surface area contributed by atoms with E-state index < -0.39 is 36.2 Å². The number of imidazole rings is 2. The molecule has 316 valence electrons. The number of esters is 1. The Bertz CT molecular complexity index is 2360. The van der Waals surface area contributed by atoms with E-state index in [0.29, 0.717) is 18.9 Å². The molecule has 6 atom stereocenters. The molecule has 2 aliphatic heterocycles. The Hall–Kier alpha value is -5.36. The van der Waals surface area contributed by atoms with E-state index in [9.17, 15) is 19.2 Å². The first-order chi connectivity index (χ1) is 29.0. The van der Waals surface area contributed by atoms with Gasteiger partial charge in [0.15, 0.2) is 0 Å². The van der Waals surface area contributed by atoms with Gasteiger partial charge in [0.05, 0.1) is 72.9 Å². The Morgan fingerprint density at radius 2 is 1.25 bits per heavy atom. The van der Waals surface area contributed by atoms with Crippen LogP contribution in [0, 0.1) is 5.92 Å². The molecule has 0 saturated carbocycles. The number of hydrogen-bond acceptors (Lipinski definition) is 12. The fourth-order valence-corrected chi connectivity index (χ4v) is 10.8. The number of ether oxygens (including phenoxy) is 4. The predicted molar refractivity (Wildman–Crippen MR) is 230 cm³/mol. The lowest BCUT2D eigenvalue weighted by Gasteiger charge is -2.30. The second kappa shape index (κ2) is 17.3. The Kier molecular flexibility index (Phi) is 11.9. The molecular formula is C43H49N7O8S2. The van der Waals surface area contributed by atoms with Crippen molar-refractivity contribution in [3.8, 4) is 20.9 Å². The van der Waals surface area contributed by atoms with Crippen molar-refractivity contribution in [3.05, 3.63) is 60.2 Å². The average molecular weight is 856 g/mol.